The minimum atomic E-state index is -3.47. The number of nitrogens with one attached hydrogen (secondary N) is 2. The standard InChI is InChI=1S/C21H24N4O4S/c1-2-29-11-12-30(27,28)24-16-5-3-15(4-6-16)19-13-20(25(14-26)17-7-8-17)23-21-18(19)9-10-22-21/h3-6,9-10,13-14,17,24H,2,7-8,11-12H2,1H3,(H,22,23). The average molecular weight is 429 g/mol. The average Bonchev–Trinajstić information content (AvgIpc) is 3.44. The normalized spacial score (nSPS) is 14.0. The summed E-state index contributed by atoms with van der Waals surface area (Å²) in [5.74, 6) is 0.515. The highest BCUT2D eigenvalue weighted by molar-refractivity contribution is 7.92. The molecule has 0 unspecified atom stereocenters. The number of hydrogen-bond donors (Lipinski definition) is 2. The van der Waals surface area contributed by atoms with Gasteiger partial charge < -0.3 is 9.72 Å². The number of rotatable bonds is 10. The lowest BCUT2D eigenvalue weighted by Gasteiger charge is -2.17. The van der Waals surface area contributed by atoms with Crippen LogP contribution < -0.4 is 9.62 Å². The van der Waals surface area contributed by atoms with E-state index in [1.54, 1.807) is 17.0 Å². The van der Waals surface area contributed by atoms with Crippen LogP contribution in [0, 0.1) is 0 Å². The summed E-state index contributed by atoms with van der Waals surface area (Å²) in [5.41, 5.74) is 3.02. The Hall–Kier alpha value is -2.91. The number of nitrogens with zero attached hydrogens (tertiary/aromatic N) is 2. The quantitative estimate of drug-likeness (QED) is 0.381. The Kier molecular flexibility index (Phi) is 5.74. The third kappa shape index (κ3) is 4.47. The van der Waals surface area contributed by atoms with Crippen molar-refractivity contribution < 1.29 is 17.9 Å². The van der Waals surface area contributed by atoms with Crippen LogP contribution in [0.2, 0.25) is 0 Å². The number of benzene rings is 1. The molecular weight excluding hydrogens is 404 g/mol. The van der Waals surface area contributed by atoms with Gasteiger partial charge in [0.25, 0.3) is 0 Å². The van der Waals surface area contributed by atoms with E-state index in [0.29, 0.717) is 23.8 Å². The Labute approximate surface area is 175 Å². The molecule has 3 aromatic rings. The molecule has 1 aromatic carbocycles. The van der Waals surface area contributed by atoms with Crippen LogP contribution in [0.4, 0.5) is 11.5 Å². The highest BCUT2D eigenvalue weighted by atomic mass is 32.2. The molecule has 0 bridgehead atoms. The second-order valence-electron chi connectivity index (χ2n) is 7.21. The molecule has 1 amide bonds. The number of hydrogen-bond acceptors (Lipinski definition) is 5. The monoisotopic (exact) mass is 428 g/mol. The van der Waals surface area contributed by atoms with Crippen molar-refractivity contribution in [2.75, 3.05) is 28.6 Å². The number of amides is 1. The number of carbonyl (C=O) groups excluding carboxylic acids is 1. The number of sulfonamides is 1. The van der Waals surface area contributed by atoms with Gasteiger partial charge in [0.1, 0.15) is 11.5 Å². The van der Waals surface area contributed by atoms with Gasteiger partial charge in [-0.3, -0.25) is 14.4 Å². The van der Waals surface area contributed by atoms with Crippen molar-refractivity contribution in [1.82, 2.24) is 9.97 Å². The minimum absolute atomic E-state index is 0.0943. The molecule has 1 aliphatic rings. The Balaban J connectivity index is 1.61. The van der Waals surface area contributed by atoms with Crippen LogP contribution >= 0.6 is 0 Å². The molecule has 2 heterocycles. The lowest BCUT2D eigenvalue weighted by atomic mass is 10.0. The van der Waals surface area contributed by atoms with Crippen molar-refractivity contribution in [3.63, 3.8) is 0 Å². The van der Waals surface area contributed by atoms with Gasteiger partial charge >= 0.3 is 0 Å². The molecular formula is C21H24N4O4S. The Morgan fingerprint density at radius 1 is 1.27 bits per heavy atom. The summed E-state index contributed by atoms with van der Waals surface area (Å²) in [7, 11) is -3.47. The fraction of sp³-hybridized carbons (Fsp3) is 0.333. The number of fused-ring (bicyclic) bond motifs is 1. The van der Waals surface area contributed by atoms with E-state index in [1.165, 1.54) is 0 Å². The first-order valence-electron chi connectivity index (χ1n) is 9.91. The second kappa shape index (κ2) is 8.45. The number of aromatic amines is 1. The first kappa shape index (κ1) is 20.4. The number of H-pyrrole nitrogens is 1. The van der Waals surface area contributed by atoms with Crippen LogP contribution in [-0.4, -0.2) is 49.8 Å². The molecule has 0 spiro atoms. The van der Waals surface area contributed by atoms with Crippen LogP contribution in [0.3, 0.4) is 0 Å². The molecule has 0 atom stereocenters. The molecule has 1 saturated carbocycles. The zero-order chi connectivity index (χ0) is 21.1. The number of aromatic nitrogens is 2. The van der Waals surface area contributed by atoms with Crippen molar-refractivity contribution in [3.8, 4) is 11.1 Å². The molecule has 0 saturated heterocycles. The maximum atomic E-state index is 12.2. The van der Waals surface area contributed by atoms with Crippen LogP contribution in [-0.2, 0) is 19.6 Å². The maximum Gasteiger partial charge on any atom is 0.234 e. The van der Waals surface area contributed by atoms with Gasteiger partial charge in [-0.15, -0.1) is 0 Å². The number of pyridine rings is 1. The molecule has 1 fully saturated rings. The van der Waals surface area contributed by atoms with E-state index in [2.05, 4.69) is 14.7 Å². The molecule has 9 heteroatoms. The van der Waals surface area contributed by atoms with Crippen molar-refractivity contribution in [2.24, 2.45) is 0 Å². The van der Waals surface area contributed by atoms with Gasteiger partial charge in [0, 0.05) is 29.9 Å². The molecule has 4 rings (SSSR count). The second-order valence-corrected chi connectivity index (χ2v) is 9.05. The zero-order valence-corrected chi connectivity index (χ0v) is 17.5. The lowest BCUT2D eigenvalue weighted by Crippen LogP contribution is -2.24. The van der Waals surface area contributed by atoms with E-state index in [0.717, 1.165) is 35.8 Å². The summed E-state index contributed by atoms with van der Waals surface area (Å²) >= 11 is 0. The zero-order valence-electron chi connectivity index (χ0n) is 16.7. The predicted molar refractivity (Wildman–Crippen MR) is 117 cm³/mol. The van der Waals surface area contributed by atoms with E-state index < -0.39 is 10.0 Å². The molecule has 1 aliphatic carbocycles. The van der Waals surface area contributed by atoms with Crippen LogP contribution in [0.25, 0.3) is 22.2 Å². The van der Waals surface area contributed by atoms with Crippen LogP contribution in [0.1, 0.15) is 19.8 Å². The smallest absolute Gasteiger partial charge is 0.234 e. The van der Waals surface area contributed by atoms with E-state index >= 15 is 0 Å². The van der Waals surface area contributed by atoms with E-state index in [1.807, 2.05) is 37.4 Å². The van der Waals surface area contributed by atoms with Gasteiger partial charge in [-0.1, -0.05) is 12.1 Å². The SMILES string of the molecule is CCOCCS(=O)(=O)Nc1ccc(-c2cc(N(C=O)C3CC3)nc3[nH]ccc23)cc1. The number of ether oxygens (including phenoxy) is 1. The number of carbonyl (C=O) groups is 1. The first-order valence-corrected chi connectivity index (χ1v) is 11.6. The summed E-state index contributed by atoms with van der Waals surface area (Å²) in [6, 6.07) is 11.2. The fourth-order valence-corrected chi connectivity index (χ4v) is 4.27. The van der Waals surface area contributed by atoms with Gasteiger partial charge in [-0.2, -0.15) is 0 Å². The molecule has 158 valence electrons. The molecule has 2 N–H and O–H groups in total. The number of anilines is 2. The highest BCUT2D eigenvalue weighted by Gasteiger charge is 2.30. The Morgan fingerprint density at radius 3 is 2.70 bits per heavy atom. The van der Waals surface area contributed by atoms with Crippen molar-refractivity contribution >= 4 is 39.0 Å². The summed E-state index contributed by atoms with van der Waals surface area (Å²) in [6.07, 6.45) is 4.61. The van der Waals surface area contributed by atoms with Crippen molar-refractivity contribution in [2.45, 2.75) is 25.8 Å². The lowest BCUT2D eigenvalue weighted by molar-refractivity contribution is -0.107. The Morgan fingerprint density at radius 2 is 2.03 bits per heavy atom. The molecule has 0 aliphatic heterocycles. The first-order chi connectivity index (χ1) is 14.5. The van der Waals surface area contributed by atoms with Gasteiger partial charge in [0.05, 0.1) is 12.4 Å². The summed E-state index contributed by atoms with van der Waals surface area (Å²) in [6.45, 7) is 2.46. The van der Waals surface area contributed by atoms with Gasteiger partial charge in [-0.05, 0) is 55.2 Å². The van der Waals surface area contributed by atoms with Gasteiger partial charge in [0.2, 0.25) is 16.4 Å². The van der Waals surface area contributed by atoms with Gasteiger partial charge in [-0.25, -0.2) is 13.4 Å². The predicted octanol–water partition coefficient (Wildman–Crippen LogP) is 3.13. The summed E-state index contributed by atoms with van der Waals surface area (Å²) < 4.78 is 32.0. The van der Waals surface area contributed by atoms with E-state index in [4.69, 9.17) is 4.74 Å². The van der Waals surface area contributed by atoms with E-state index in [-0.39, 0.29) is 18.4 Å². The largest absolute Gasteiger partial charge is 0.381 e. The molecule has 30 heavy (non-hydrogen) atoms. The topological polar surface area (TPSA) is 104 Å². The Bertz CT molecular complexity index is 1140. The van der Waals surface area contributed by atoms with E-state index in [9.17, 15) is 13.2 Å². The maximum absolute atomic E-state index is 12.2. The third-order valence-electron chi connectivity index (χ3n) is 5.00. The summed E-state index contributed by atoms with van der Waals surface area (Å²) in [4.78, 5) is 21.0. The minimum Gasteiger partial charge on any atom is -0.381 e. The fourth-order valence-electron chi connectivity index (χ4n) is 3.34. The van der Waals surface area contributed by atoms with Crippen molar-refractivity contribution in [3.05, 3.63) is 42.6 Å². The molecule has 0 radical (unpaired) electrons. The molecule has 2 aromatic heterocycles. The van der Waals surface area contributed by atoms with Crippen LogP contribution in [0.5, 0.6) is 0 Å². The highest BCUT2D eigenvalue weighted by Crippen LogP contribution is 2.35. The molecule has 8 nitrogen and oxygen atoms in total. The van der Waals surface area contributed by atoms with Crippen molar-refractivity contribution in [1.29, 1.82) is 0 Å². The van der Waals surface area contributed by atoms with Gasteiger partial charge in [0.15, 0.2) is 0 Å². The third-order valence-corrected chi connectivity index (χ3v) is 6.25. The van der Waals surface area contributed by atoms with Crippen LogP contribution in [0.15, 0.2) is 42.6 Å². The summed E-state index contributed by atoms with van der Waals surface area (Å²) in [5, 5.41) is 0.936.